The van der Waals surface area contributed by atoms with Crippen molar-refractivity contribution in [3.05, 3.63) is 57.3 Å². The van der Waals surface area contributed by atoms with Crippen molar-refractivity contribution in [2.45, 2.75) is 90.0 Å². The Morgan fingerprint density at radius 3 is 2.26 bits per heavy atom. The van der Waals surface area contributed by atoms with E-state index in [1.165, 1.54) is 51.4 Å². The van der Waals surface area contributed by atoms with Gasteiger partial charge in [-0.3, -0.25) is 9.59 Å². The van der Waals surface area contributed by atoms with Crippen molar-refractivity contribution in [3.63, 3.8) is 0 Å². The van der Waals surface area contributed by atoms with E-state index in [9.17, 15) is 9.59 Å². The maximum Gasteiger partial charge on any atom is 0.315 e. The molecule has 3 rings (SSSR count). The Hall–Kier alpha value is -2.32. The number of esters is 1. The third-order valence-corrected chi connectivity index (χ3v) is 7.24. The Labute approximate surface area is 212 Å². The van der Waals surface area contributed by atoms with E-state index < -0.39 is 0 Å². The lowest BCUT2D eigenvalue weighted by molar-refractivity contribution is -0.145. The molecule has 0 N–H and O–H groups in total. The van der Waals surface area contributed by atoms with Gasteiger partial charge in [-0.2, -0.15) is 0 Å². The Morgan fingerprint density at radius 2 is 1.65 bits per heavy atom. The van der Waals surface area contributed by atoms with Crippen LogP contribution >= 0.6 is 15.9 Å². The fraction of sp³-hybridized carbons (Fsp3) is 0.517. The summed E-state index contributed by atoms with van der Waals surface area (Å²) >= 11 is 3.53. The number of fused-ring (bicyclic) bond motifs is 1. The highest BCUT2D eigenvalue weighted by molar-refractivity contribution is 9.10. The topological polar surface area (TPSA) is 48.3 Å². The van der Waals surface area contributed by atoms with E-state index in [1.807, 2.05) is 10.6 Å². The van der Waals surface area contributed by atoms with Crippen LogP contribution in [0.3, 0.4) is 0 Å². The SMILES string of the molecule is C#Cc1ccc(C(=O)c2c(Br)cc3n2CCC3C(=O)OCCCCCCCCCCCC)cc1. The molecule has 1 aromatic carbocycles. The highest BCUT2D eigenvalue weighted by Crippen LogP contribution is 2.37. The van der Waals surface area contributed by atoms with Crippen LogP contribution in [0.5, 0.6) is 0 Å². The molecule has 1 aliphatic heterocycles. The molecule has 0 radical (unpaired) electrons. The predicted molar refractivity (Wildman–Crippen MR) is 140 cm³/mol. The number of terminal acetylenes is 1. The molecule has 0 saturated heterocycles. The maximum absolute atomic E-state index is 13.1. The second-order valence-corrected chi connectivity index (χ2v) is 10.0. The first-order chi connectivity index (χ1) is 16.6. The largest absolute Gasteiger partial charge is 0.465 e. The zero-order chi connectivity index (χ0) is 24.3. The van der Waals surface area contributed by atoms with Crippen LogP contribution in [0.1, 0.15) is 111 Å². The first kappa shape index (κ1) is 26.3. The van der Waals surface area contributed by atoms with E-state index in [0.717, 1.165) is 24.1 Å². The maximum atomic E-state index is 13.1. The van der Waals surface area contributed by atoms with Crippen LogP contribution in [-0.2, 0) is 16.1 Å². The summed E-state index contributed by atoms with van der Waals surface area (Å²) in [6.45, 7) is 3.35. The van der Waals surface area contributed by atoms with Crippen LogP contribution in [0.2, 0.25) is 0 Å². The number of nitrogens with zero attached hydrogens (tertiary/aromatic N) is 1. The van der Waals surface area contributed by atoms with Gasteiger partial charge in [0.25, 0.3) is 0 Å². The number of rotatable bonds is 14. The predicted octanol–water partition coefficient (Wildman–Crippen LogP) is 7.41. The molecular weight excluding hydrogens is 490 g/mol. The van der Waals surface area contributed by atoms with Crippen LogP contribution in [0.4, 0.5) is 0 Å². The number of aromatic nitrogens is 1. The molecule has 34 heavy (non-hydrogen) atoms. The summed E-state index contributed by atoms with van der Waals surface area (Å²) in [5, 5.41) is 0. The van der Waals surface area contributed by atoms with Gasteiger partial charge >= 0.3 is 5.97 Å². The number of carbonyl (C=O) groups excluding carboxylic acids is 2. The summed E-state index contributed by atoms with van der Waals surface area (Å²) in [5.41, 5.74) is 2.74. The van der Waals surface area contributed by atoms with Crippen molar-refractivity contribution in [2.24, 2.45) is 0 Å². The van der Waals surface area contributed by atoms with Gasteiger partial charge in [-0.05, 0) is 59.1 Å². The smallest absolute Gasteiger partial charge is 0.315 e. The molecule has 0 spiro atoms. The van der Waals surface area contributed by atoms with Crippen LogP contribution in [-0.4, -0.2) is 22.9 Å². The number of carbonyl (C=O) groups is 2. The average molecular weight is 527 g/mol. The number of hydrogen-bond acceptors (Lipinski definition) is 3. The van der Waals surface area contributed by atoms with E-state index in [-0.39, 0.29) is 17.7 Å². The Morgan fingerprint density at radius 1 is 1.03 bits per heavy atom. The molecule has 5 heteroatoms. The van der Waals surface area contributed by atoms with Gasteiger partial charge in [-0.25, -0.2) is 0 Å². The number of ether oxygens (including phenoxy) is 1. The van der Waals surface area contributed by atoms with Gasteiger partial charge in [-0.1, -0.05) is 70.6 Å². The van der Waals surface area contributed by atoms with Gasteiger partial charge in [0, 0.05) is 27.8 Å². The minimum Gasteiger partial charge on any atom is -0.465 e. The molecule has 2 heterocycles. The third kappa shape index (κ3) is 6.85. The first-order valence-corrected chi connectivity index (χ1v) is 13.5. The van der Waals surface area contributed by atoms with E-state index in [2.05, 4.69) is 28.8 Å². The molecule has 0 aliphatic carbocycles. The summed E-state index contributed by atoms with van der Waals surface area (Å²) in [6.07, 6.45) is 18.6. The molecule has 1 atom stereocenters. The molecule has 0 fully saturated rings. The van der Waals surface area contributed by atoms with E-state index in [1.54, 1.807) is 24.3 Å². The van der Waals surface area contributed by atoms with Crippen LogP contribution in [0.25, 0.3) is 0 Å². The Kier molecular flexibility index (Phi) is 10.5. The normalized spacial score (nSPS) is 14.6. The summed E-state index contributed by atoms with van der Waals surface area (Å²) in [4.78, 5) is 25.9. The number of ketones is 1. The van der Waals surface area contributed by atoms with Crippen LogP contribution in [0.15, 0.2) is 34.8 Å². The third-order valence-electron chi connectivity index (χ3n) is 6.64. The summed E-state index contributed by atoms with van der Waals surface area (Å²) in [7, 11) is 0. The highest BCUT2D eigenvalue weighted by Gasteiger charge is 2.34. The van der Waals surface area contributed by atoms with Crippen molar-refractivity contribution < 1.29 is 14.3 Å². The second-order valence-electron chi connectivity index (χ2n) is 9.16. The number of unbranched alkanes of at least 4 members (excludes halogenated alkanes) is 9. The molecule has 0 saturated carbocycles. The molecule has 4 nitrogen and oxygen atoms in total. The average Bonchev–Trinajstić information content (AvgIpc) is 3.39. The van der Waals surface area contributed by atoms with Gasteiger partial charge in [0.1, 0.15) is 5.69 Å². The van der Waals surface area contributed by atoms with Crippen molar-refractivity contribution >= 4 is 27.7 Å². The number of halogens is 1. The van der Waals surface area contributed by atoms with E-state index in [0.29, 0.717) is 35.3 Å². The zero-order valence-corrected chi connectivity index (χ0v) is 21.9. The molecular formula is C29H36BrNO3. The molecule has 1 aliphatic rings. The minimum atomic E-state index is -0.315. The van der Waals surface area contributed by atoms with E-state index >= 15 is 0 Å². The fourth-order valence-corrected chi connectivity index (χ4v) is 5.29. The van der Waals surface area contributed by atoms with Crippen LogP contribution < -0.4 is 0 Å². The molecule has 1 unspecified atom stereocenters. The van der Waals surface area contributed by atoms with Crippen LogP contribution in [0, 0.1) is 12.3 Å². The van der Waals surface area contributed by atoms with Gasteiger partial charge in [0.15, 0.2) is 0 Å². The highest BCUT2D eigenvalue weighted by atomic mass is 79.9. The van der Waals surface area contributed by atoms with E-state index in [4.69, 9.17) is 11.2 Å². The fourth-order valence-electron chi connectivity index (χ4n) is 4.66. The molecule has 182 valence electrons. The standard InChI is InChI=1S/C29H36BrNO3/c1-3-5-6-7-8-9-10-11-12-13-20-34-29(33)24-18-19-31-26(24)21-25(30)27(31)28(32)23-16-14-22(4-2)15-17-23/h2,14-17,21,24H,3,5-13,18-20H2,1H3. The monoisotopic (exact) mass is 525 g/mol. The van der Waals surface area contributed by atoms with Gasteiger partial charge in [0.2, 0.25) is 5.78 Å². The quantitative estimate of drug-likeness (QED) is 0.111. The van der Waals surface area contributed by atoms with Crippen molar-refractivity contribution in [1.29, 1.82) is 0 Å². The number of hydrogen-bond donors (Lipinski definition) is 0. The summed E-state index contributed by atoms with van der Waals surface area (Å²) < 4.78 is 8.26. The summed E-state index contributed by atoms with van der Waals surface area (Å²) in [6, 6.07) is 8.92. The molecule has 0 amide bonds. The first-order valence-electron chi connectivity index (χ1n) is 12.7. The minimum absolute atomic E-state index is 0.0823. The molecule has 1 aromatic heterocycles. The lowest BCUT2D eigenvalue weighted by Crippen LogP contribution is -2.14. The Balaban J connectivity index is 1.45. The summed E-state index contributed by atoms with van der Waals surface area (Å²) in [5.74, 6) is 1.98. The lowest BCUT2D eigenvalue weighted by Gasteiger charge is -2.10. The molecule has 2 aromatic rings. The molecule has 0 bridgehead atoms. The Bertz CT molecular complexity index is 1000. The number of benzene rings is 1. The van der Waals surface area contributed by atoms with Crippen molar-refractivity contribution in [1.82, 2.24) is 4.57 Å². The van der Waals surface area contributed by atoms with Crippen molar-refractivity contribution in [2.75, 3.05) is 6.61 Å². The van der Waals surface area contributed by atoms with Gasteiger partial charge < -0.3 is 9.30 Å². The second kappa shape index (κ2) is 13.5. The van der Waals surface area contributed by atoms with Gasteiger partial charge in [-0.15, -0.1) is 6.42 Å². The zero-order valence-electron chi connectivity index (χ0n) is 20.3. The van der Waals surface area contributed by atoms with Crippen molar-refractivity contribution in [3.8, 4) is 12.3 Å². The lowest BCUT2D eigenvalue weighted by atomic mass is 10.0. The van der Waals surface area contributed by atoms with Gasteiger partial charge in [0.05, 0.1) is 12.5 Å².